The quantitative estimate of drug-likeness (QED) is 0.426. The minimum atomic E-state index is -0.528. The molecule has 4 aromatic heterocycles. The second-order valence-corrected chi connectivity index (χ2v) is 8.88. The van der Waals surface area contributed by atoms with Gasteiger partial charge in [0.15, 0.2) is 5.79 Å². The Morgan fingerprint density at radius 2 is 1.84 bits per heavy atom. The van der Waals surface area contributed by atoms with E-state index >= 15 is 0 Å². The molecular formula is C24H30N6O2. The molecule has 8 nitrogen and oxygen atoms in total. The lowest BCUT2D eigenvalue weighted by molar-refractivity contribution is -0.139. The molecule has 0 aliphatic carbocycles. The summed E-state index contributed by atoms with van der Waals surface area (Å²) in [6, 6.07) is 4.65. The number of fused-ring (bicyclic) bond motifs is 1. The lowest BCUT2D eigenvalue weighted by Gasteiger charge is -2.16. The molecule has 0 aromatic carbocycles. The summed E-state index contributed by atoms with van der Waals surface area (Å²) in [6.07, 6.45) is 14.0. The van der Waals surface area contributed by atoms with Crippen LogP contribution in [0.5, 0.6) is 0 Å². The summed E-state index contributed by atoms with van der Waals surface area (Å²) in [6.45, 7) is 9.51. The smallest absolute Gasteiger partial charge is 0.163 e. The van der Waals surface area contributed by atoms with E-state index in [0.717, 1.165) is 40.6 Å². The van der Waals surface area contributed by atoms with Gasteiger partial charge in [-0.25, -0.2) is 4.52 Å². The highest BCUT2D eigenvalue weighted by atomic mass is 16.7. The van der Waals surface area contributed by atoms with Crippen LogP contribution in [0.3, 0.4) is 0 Å². The molecule has 32 heavy (non-hydrogen) atoms. The first-order valence-electron chi connectivity index (χ1n) is 11.3. The number of aromatic nitrogens is 6. The summed E-state index contributed by atoms with van der Waals surface area (Å²) >= 11 is 0. The van der Waals surface area contributed by atoms with Crippen molar-refractivity contribution in [3.05, 3.63) is 49.3 Å². The third kappa shape index (κ3) is 3.96. The van der Waals surface area contributed by atoms with Crippen molar-refractivity contribution in [1.82, 2.24) is 29.2 Å². The van der Waals surface area contributed by atoms with Gasteiger partial charge in [0.2, 0.25) is 0 Å². The molecule has 0 unspecified atom stereocenters. The number of nitrogens with zero attached hydrogens (tertiary/aromatic N) is 6. The molecule has 5 heterocycles. The molecule has 0 saturated carbocycles. The van der Waals surface area contributed by atoms with Crippen LogP contribution in [-0.4, -0.2) is 47.7 Å². The highest BCUT2D eigenvalue weighted by Crippen LogP contribution is 2.31. The second kappa shape index (κ2) is 8.18. The number of pyridine rings is 1. The van der Waals surface area contributed by atoms with Gasteiger partial charge < -0.3 is 9.47 Å². The Bertz CT molecular complexity index is 1220. The molecular weight excluding hydrogens is 404 g/mol. The third-order valence-electron chi connectivity index (χ3n) is 6.16. The Hall–Kier alpha value is -2.97. The largest absolute Gasteiger partial charge is 0.348 e. The van der Waals surface area contributed by atoms with Gasteiger partial charge in [0.25, 0.3) is 0 Å². The second-order valence-electron chi connectivity index (χ2n) is 8.88. The van der Waals surface area contributed by atoms with Crippen LogP contribution in [0.1, 0.15) is 46.6 Å². The maximum atomic E-state index is 5.93. The van der Waals surface area contributed by atoms with E-state index in [4.69, 9.17) is 9.47 Å². The van der Waals surface area contributed by atoms with Crippen LogP contribution in [0.4, 0.5) is 0 Å². The molecule has 0 bridgehead atoms. The maximum absolute atomic E-state index is 5.93. The van der Waals surface area contributed by atoms with Crippen molar-refractivity contribution in [2.45, 2.75) is 65.0 Å². The minimum Gasteiger partial charge on any atom is -0.348 e. The first kappa shape index (κ1) is 20.9. The van der Waals surface area contributed by atoms with E-state index in [1.807, 2.05) is 53.9 Å². The molecule has 4 aromatic rings. The molecule has 8 heteroatoms. The van der Waals surface area contributed by atoms with Gasteiger partial charge in [-0.15, -0.1) is 0 Å². The van der Waals surface area contributed by atoms with Gasteiger partial charge in [-0.2, -0.15) is 15.3 Å². The van der Waals surface area contributed by atoms with Crippen LogP contribution in [0.25, 0.3) is 27.8 Å². The van der Waals surface area contributed by atoms with E-state index in [9.17, 15) is 0 Å². The average Bonchev–Trinajstić information content (AvgIpc) is 3.55. The van der Waals surface area contributed by atoms with E-state index in [1.54, 1.807) is 0 Å². The Morgan fingerprint density at radius 1 is 1.03 bits per heavy atom. The van der Waals surface area contributed by atoms with Crippen molar-refractivity contribution in [3.63, 3.8) is 0 Å². The monoisotopic (exact) mass is 434 g/mol. The van der Waals surface area contributed by atoms with E-state index in [2.05, 4.69) is 52.3 Å². The van der Waals surface area contributed by atoms with Crippen molar-refractivity contribution in [3.8, 4) is 22.3 Å². The van der Waals surface area contributed by atoms with Gasteiger partial charge in [-0.05, 0) is 38.8 Å². The van der Waals surface area contributed by atoms with E-state index in [-0.39, 0.29) is 6.10 Å². The molecule has 0 N–H and O–H groups in total. The summed E-state index contributed by atoms with van der Waals surface area (Å²) in [4.78, 5) is 0. The molecule has 1 fully saturated rings. The van der Waals surface area contributed by atoms with E-state index < -0.39 is 5.79 Å². The Balaban J connectivity index is 1.46. The number of rotatable bonds is 7. The molecule has 1 aliphatic rings. The Kier molecular flexibility index (Phi) is 5.35. The molecule has 5 rings (SSSR count). The number of hydrogen-bond donors (Lipinski definition) is 0. The van der Waals surface area contributed by atoms with Gasteiger partial charge in [-0.3, -0.25) is 9.36 Å². The molecule has 1 aliphatic heterocycles. The van der Waals surface area contributed by atoms with Crippen molar-refractivity contribution < 1.29 is 9.47 Å². The van der Waals surface area contributed by atoms with Crippen LogP contribution in [0, 0.1) is 0 Å². The minimum absolute atomic E-state index is 0.00202. The molecule has 1 saturated heterocycles. The average molecular weight is 435 g/mol. The van der Waals surface area contributed by atoms with Gasteiger partial charge >= 0.3 is 0 Å². The zero-order chi connectivity index (χ0) is 22.3. The lowest BCUT2D eigenvalue weighted by Crippen LogP contribution is -2.24. The van der Waals surface area contributed by atoms with Gasteiger partial charge in [0.1, 0.15) is 6.10 Å². The highest BCUT2D eigenvalue weighted by Gasteiger charge is 2.32. The highest BCUT2D eigenvalue weighted by molar-refractivity contribution is 5.83. The molecule has 0 amide bonds. The van der Waals surface area contributed by atoms with Crippen LogP contribution in [0.2, 0.25) is 0 Å². The fourth-order valence-corrected chi connectivity index (χ4v) is 4.43. The van der Waals surface area contributed by atoms with Crippen molar-refractivity contribution >= 4 is 5.52 Å². The zero-order valence-corrected chi connectivity index (χ0v) is 19.1. The topological polar surface area (TPSA) is 71.4 Å². The third-order valence-corrected chi connectivity index (χ3v) is 6.16. The summed E-state index contributed by atoms with van der Waals surface area (Å²) < 4.78 is 17.5. The first-order valence-corrected chi connectivity index (χ1v) is 11.3. The van der Waals surface area contributed by atoms with Gasteiger partial charge in [-0.1, -0.05) is 13.8 Å². The van der Waals surface area contributed by atoms with Crippen LogP contribution < -0.4 is 0 Å². The summed E-state index contributed by atoms with van der Waals surface area (Å²) in [5.41, 5.74) is 5.36. The summed E-state index contributed by atoms with van der Waals surface area (Å²) in [5, 5.41) is 13.7. The fraction of sp³-hybridized carbons (Fsp3) is 0.458. The summed E-state index contributed by atoms with van der Waals surface area (Å²) in [5.74, 6) is -0.528. The maximum Gasteiger partial charge on any atom is 0.163 e. The standard InChI is InChI=1S/C24H30N6O2/c1-5-20(6-2)29-14-19(11-27-29)22-9-17(13-30-23(22)7-8-25-30)18-10-26-28(12-18)15-21-16-31-24(3,4)32-21/h7-14,20-21H,5-6,15-16H2,1-4H3/t21-/m1/s1. The van der Waals surface area contributed by atoms with Crippen LogP contribution in [0.15, 0.2) is 49.3 Å². The lowest BCUT2D eigenvalue weighted by atomic mass is 10.0. The number of ether oxygens (including phenoxy) is 2. The molecule has 168 valence electrons. The van der Waals surface area contributed by atoms with Gasteiger partial charge in [0.05, 0.1) is 37.1 Å². The normalized spacial score (nSPS) is 18.2. The van der Waals surface area contributed by atoms with Crippen LogP contribution >= 0.6 is 0 Å². The summed E-state index contributed by atoms with van der Waals surface area (Å²) in [7, 11) is 0. The fourth-order valence-electron chi connectivity index (χ4n) is 4.43. The number of hydrogen-bond acceptors (Lipinski definition) is 5. The predicted octanol–water partition coefficient (Wildman–Crippen LogP) is 4.57. The molecule has 1 atom stereocenters. The SMILES string of the molecule is CCC(CC)n1cc(-c2cc(-c3cnn(C[C@@H]4COC(C)(C)O4)c3)cn3nccc23)cn1. The molecule has 0 spiro atoms. The zero-order valence-electron chi connectivity index (χ0n) is 19.1. The Labute approximate surface area is 187 Å². The predicted molar refractivity (Wildman–Crippen MR) is 122 cm³/mol. The van der Waals surface area contributed by atoms with E-state index in [0.29, 0.717) is 19.2 Å². The van der Waals surface area contributed by atoms with Crippen molar-refractivity contribution in [2.75, 3.05) is 6.61 Å². The van der Waals surface area contributed by atoms with Crippen molar-refractivity contribution in [2.24, 2.45) is 0 Å². The van der Waals surface area contributed by atoms with Crippen molar-refractivity contribution in [1.29, 1.82) is 0 Å². The molecule has 0 radical (unpaired) electrons. The van der Waals surface area contributed by atoms with E-state index in [1.165, 1.54) is 0 Å². The first-order chi connectivity index (χ1) is 15.5. The van der Waals surface area contributed by atoms with Gasteiger partial charge in [0, 0.05) is 47.0 Å². The van der Waals surface area contributed by atoms with Crippen LogP contribution in [-0.2, 0) is 16.0 Å². The Morgan fingerprint density at radius 3 is 2.59 bits per heavy atom.